The highest BCUT2D eigenvalue weighted by molar-refractivity contribution is 7.11. The van der Waals surface area contributed by atoms with E-state index in [0.29, 0.717) is 12.8 Å². The summed E-state index contributed by atoms with van der Waals surface area (Å²) in [4.78, 5) is 17.6. The van der Waals surface area contributed by atoms with Crippen LogP contribution in [-0.4, -0.2) is 10.8 Å². The van der Waals surface area contributed by atoms with E-state index in [1.54, 1.807) is 17.6 Å². The minimum Gasteiger partial charge on any atom is -0.464 e. The lowest BCUT2D eigenvalue weighted by Crippen LogP contribution is -2.05. The molecule has 3 rings (SSSR count). The first-order valence-corrected chi connectivity index (χ1v) is 7.75. The second-order valence-electron chi connectivity index (χ2n) is 5.45. The number of hydrogen-bond donors (Lipinski definition) is 0. The topological polar surface area (TPSA) is 43.1 Å². The lowest BCUT2D eigenvalue weighted by atomic mass is 10.0. The number of aryl methyl sites for hydroxylation is 3. The van der Waals surface area contributed by atoms with Crippen molar-refractivity contribution in [2.75, 3.05) is 0 Å². The fourth-order valence-corrected chi connectivity index (χ4v) is 3.22. The first-order chi connectivity index (χ1) is 10.0. The van der Waals surface area contributed by atoms with Crippen molar-refractivity contribution in [3.05, 3.63) is 51.2 Å². The zero-order valence-corrected chi connectivity index (χ0v) is 13.2. The predicted octanol–water partition coefficient (Wildman–Crippen LogP) is 4.17. The Labute approximate surface area is 127 Å². The molecule has 0 saturated carbocycles. The van der Waals surface area contributed by atoms with Crippen molar-refractivity contribution >= 4 is 28.1 Å². The molecule has 4 heteroatoms. The Hall–Kier alpha value is -1.94. The fraction of sp³-hybridized carbons (Fsp3) is 0.294. The summed E-state index contributed by atoms with van der Waals surface area (Å²) >= 11 is 1.58. The summed E-state index contributed by atoms with van der Waals surface area (Å²) in [6.07, 6.45) is 4.31. The van der Waals surface area contributed by atoms with Crippen LogP contribution in [0.4, 0.5) is 0 Å². The lowest BCUT2D eigenvalue weighted by Gasteiger charge is -2.01. The molecule has 2 heterocycles. The first-order valence-electron chi connectivity index (χ1n) is 6.93. The Morgan fingerprint density at radius 2 is 1.95 bits per heavy atom. The second kappa shape index (κ2) is 5.45. The van der Waals surface area contributed by atoms with Crippen LogP contribution in [0, 0.1) is 20.8 Å². The number of carbonyl (C=O) groups is 1. The molecule has 0 fully saturated rings. The van der Waals surface area contributed by atoms with E-state index in [4.69, 9.17) is 4.42 Å². The molecule has 0 N–H and O–H groups in total. The van der Waals surface area contributed by atoms with Crippen molar-refractivity contribution in [3.8, 4) is 0 Å². The standard InChI is InChI=1S/C17H17NO2S/c1-10-4-15-13(9-20-16(15)5-11(10)2)6-14(19)7-17-18-8-12(3)21-17/h4-5,8-9H,6-7H2,1-3H3. The van der Waals surface area contributed by atoms with Gasteiger partial charge in [-0.1, -0.05) is 0 Å². The molecule has 21 heavy (non-hydrogen) atoms. The normalized spacial score (nSPS) is 11.2. The number of hydrogen-bond acceptors (Lipinski definition) is 4. The molecule has 108 valence electrons. The van der Waals surface area contributed by atoms with E-state index in [-0.39, 0.29) is 5.78 Å². The zero-order valence-electron chi connectivity index (χ0n) is 12.4. The Bertz CT molecular complexity index is 813. The molecule has 0 bridgehead atoms. The van der Waals surface area contributed by atoms with Crippen LogP contribution in [0.2, 0.25) is 0 Å². The summed E-state index contributed by atoms with van der Waals surface area (Å²) < 4.78 is 5.57. The van der Waals surface area contributed by atoms with Gasteiger partial charge in [-0.25, -0.2) is 4.98 Å². The van der Waals surface area contributed by atoms with Crippen molar-refractivity contribution in [1.82, 2.24) is 4.98 Å². The highest BCUT2D eigenvalue weighted by atomic mass is 32.1. The maximum atomic E-state index is 12.2. The highest BCUT2D eigenvalue weighted by Gasteiger charge is 2.13. The molecule has 0 aliphatic rings. The Morgan fingerprint density at radius 1 is 1.19 bits per heavy atom. The van der Waals surface area contributed by atoms with Gasteiger partial charge in [-0.2, -0.15) is 0 Å². The second-order valence-corrected chi connectivity index (χ2v) is 6.77. The van der Waals surface area contributed by atoms with Crippen LogP contribution in [0.3, 0.4) is 0 Å². The number of benzene rings is 1. The maximum absolute atomic E-state index is 12.2. The van der Waals surface area contributed by atoms with Crippen LogP contribution >= 0.6 is 11.3 Å². The molecule has 1 aromatic carbocycles. The van der Waals surface area contributed by atoms with Gasteiger partial charge in [0.15, 0.2) is 0 Å². The van der Waals surface area contributed by atoms with Crippen LogP contribution in [0.15, 0.2) is 29.0 Å². The predicted molar refractivity (Wildman–Crippen MR) is 85.0 cm³/mol. The largest absolute Gasteiger partial charge is 0.464 e. The molecule has 0 amide bonds. The van der Waals surface area contributed by atoms with E-state index in [2.05, 4.69) is 24.9 Å². The molecule has 0 spiro atoms. The van der Waals surface area contributed by atoms with Gasteiger partial charge in [0.1, 0.15) is 16.4 Å². The number of Topliss-reactive ketones (excluding diaryl/α,β-unsaturated/α-hetero) is 1. The number of fused-ring (bicyclic) bond motifs is 1. The third-order valence-electron chi connectivity index (χ3n) is 3.68. The number of aromatic nitrogens is 1. The average Bonchev–Trinajstić information content (AvgIpc) is 2.98. The van der Waals surface area contributed by atoms with Crippen LogP contribution in [0.25, 0.3) is 11.0 Å². The SMILES string of the molecule is Cc1cnc(CC(=O)Cc2coc3cc(C)c(C)cc23)s1. The molecular formula is C17H17NO2S. The minimum atomic E-state index is 0.172. The van der Waals surface area contributed by atoms with Gasteiger partial charge in [0.05, 0.1) is 12.7 Å². The van der Waals surface area contributed by atoms with Crippen LogP contribution in [0.1, 0.15) is 26.6 Å². The average molecular weight is 299 g/mol. The summed E-state index contributed by atoms with van der Waals surface area (Å²) in [5.41, 5.74) is 4.23. The number of ketones is 1. The molecule has 2 aromatic heterocycles. The van der Waals surface area contributed by atoms with Crippen molar-refractivity contribution < 1.29 is 9.21 Å². The third kappa shape index (κ3) is 2.90. The van der Waals surface area contributed by atoms with E-state index < -0.39 is 0 Å². The summed E-state index contributed by atoms with van der Waals surface area (Å²) in [5, 5.41) is 1.93. The van der Waals surface area contributed by atoms with Gasteiger partial charge in [-0.3, -0.25) is 4.79 Å². The molecule has 0 aliphatic carbocycles. The number of furan rings is 1. The number of thiazole rings is 1. The fourth-order valence-electron chi connectivity index (χ4n) is 2.40. The Balaban J connectivity index is 1.81. The summed E-state index contributed by atoms with van der Waals surface area (Å²) in [6, 6.07) is 4.13. The molecule has 0 atom stereocenters. The van der Waals surface area contributed by atoms with Crippen LogP contribution < -0.4 is 0 Å². The van der Waals surface area contributed by atoms with Gasteiger partial charge < -0.3 is 4.42 Å². The summed E-state index contributed by atoms with van der Waals surface area (Å²) in [5.74, 6) is 0.172. The van der Waals surface area contributed by atoms with Crippen molar-refractivity contribution in [2.24, 2.45) is 0 Å². The minimum absolute atomic E-state index is 0.172. The van der Waals surface area contributed by atoms with Gasteiger partial charge in [-0.15, -0.1) is 11.3 Å². The maximum Gasteiger partial charge on any atom is 0.144 e. The molecule has 3 nitrogen and oxygen atoms in total. The van der Waals surface area contributed by atoms with Crippen molar-refractivity contribution in [2.45, 2.75) is 33.6 Å². The van der Waals surface area contributed by atoms with Gasteiger partial charge in [0.25, 0.3) is 0 Å². The van der Waals surface area contributed by atoms with E-state index in [1.165, 1.54) is 11.1 Å². The number of carbonyl (C=O) groups excluding carboxylic acids is 1. The molecule has 0 saturated heterocycles. The van der Waals surface area contributed by atoms with Gasteiger partial charge in [0, 0.05) is 28.4 Å². The van der Waals surface area contributed by atoms with Crippen LogP contribution in [0.5, 0.6) is 0 Å². The zero-order chi connectivity index (χ0) is 15.0. The Morgan fingerprint density at radius 3 is 2.67 bits per heavy atom. The van der Waals surface area contributed by atoms with Gasteiger partial charge in [-0.05, 0) is 44.0 Å². The van der Waals surface area contributed by atoms with Crippen molar-refractivity contribution in [1.29, 1.82) is 0 Å². The quantitative estimate of drug-likeness (QED) is 0.726. The smallest absolute Gasteiger partial charge is 0.144 e. The lowest BCUT2D eigenvalue weighted by molar-refractivity contribution is -0.117. The van der Waals surface area contributed by atoms with Gasteiger partial charge >= 0.3 is 0 Å². The number of rotatable bonds is 4. The first kappa shape index (κ1) is 14.0. The van der Waals surface area contributed by atoms with Crippen LogP contribution in [-0.2, 0) is 17.6 Å². The molecule has 0 radical (unpaired) electrons. The van der Waals surface area contributed by atoms with Crippen molar-refractivity contribution in [3.63, 3.8) is 0 Å². The van der Waals surface area contributed by atoms with Gasteiger partial charge in [0.2, 0.25) is 0 Å². The van der Waals surface area contributed by atoms with E-state index in [0.717, 1.165) is 26.4 Å². The number of nitrogens with zero attached hydrogens (tertiary/aromatic N) is 1. The summed E-state index contributed by atoms with van der Waals surface area (Å²) in [7, 11) is 0. The molecule has 0 unspecified atom stereocenters. The highest BCUT2D eigenvalue weighted by Crippen LogP contribution is 2.25. The van der Waals surface area contributed by atoms with E-state index in [9.17, 15) is 4.79 Å². The molecule has 0 aliphatic heterocycles. The Kier molecular flexibility index (Phi) is 3.64. The third-order valence-corrected chi connectivity index (χ3v) is 4.59. The molecular weight excluding hydrogens is 282 g/mol. The van der Waals surface area contributed by atoms with E-state index in [1.807, 2.05) is 19.2 Å². The summed E-state index contributed by atoms with van der Waals surface area (Å²) in [6.45, 7) is 6.14. The molecule has 3 aromatic rings. The van der Waals surface area contributed by atoms with E-state index >= 15 is 0 Å². The monoisotopic (exact) mass is 299 g/mol.